The van der Waals surface area contributed by atoms with Crippen LogP contribution >= 0.6 is 11.6 Å². The van der Waals surface area contributed by atoms with E-state index in [0.717, 1.165) is 92.1 Å². The number of aromatic nitrogens is 3. The van der Waals surface area contributed by atoms with Crippen molar-refractivity contribution in [2.75, 3.05) is 32.9 Å². The highest BCUT2D eigenvalue weighted by Crippen LogP contribution is 2.32. The standard InChI is InChI=1S/C30H39ClN4O4/c1-20-17-23(26-24-9-14-35(18-22-10-15-37-19-22)27(24)33-28(31)32-26)5-6-25(20)38-16-11-21-7-12-34(13-8-21)29(36)39-30(2,3)4/h5-6,9,14,17,21-22H,7-8,10-13,15-16,18-19H2,1-4H3. The maximum atomic E-state index is 12.3. The van der Waals surface area contributed by atoms with Crippen LogP contribution in [0.1, 0.15) is 52.0 Å². The van der Waals surface area contributed by atoms with Gasteiger partial charge in [-0.05, 0) is 101 Å². The van der Waals surface area contributed by atoms with Crippen LogP contribution in [-0.2, 0) is 16.0 Å². The number of benzene rings is 1. The molecule has 2 saturated heterocycles. The Morgan fingerprint density at radius 1 is 1.13 bits per heavy atom. The monoisotopic (exact) mass is 554 g/mol. The van der Waals surface area contributed by atoms with Gasteiger partial charge in [0.1, 0.15) is 17.0 Å². The number of rotatable bonds is 7. The molecule has 0 spiro atoms. The smallest absolute Gasteiger partial charge is 0.410 e. The second kappa shape index (κ2) is 11.7. The van der Waals surface area contributed by atoms with Gasteiger partial charge in [0, 0.05) is 49.3 Å². The number of amides is 1. The number of carbonyl (C=O) groups excluding carboxylic acids is 1. The normalized spacial score (nSPS) is 18.6. The Labute approximate surface area is 235 Å². The van der Waals surface area contributed by atoms with Gasteiger partial charge < -0.3 is 23.7 Å². The van der Waals surface area contributed by atoms with Crippen molar-refractivity contribution in [2.24, 2.45) is 11.8 Å². The van der Waals surface area contributed by atoms with Crippen molar-refractivity contribution in [3.05, 3.63) is 41.3 Å². The molecule has 1 atom stereocenters. The van der Waals surface area contributed by atoms with E-state index in [2.05, 4.69) is 39.8 Å². The number of fused-ring (bicyclic) bond motifs is 1. The van der Waals surface area contributed by atoms with E-state index in [-0.39, 0.29) is 11.4 Å². The molecule has 3 aromatic rings. The van der Waals surface area contributed by atoms with E-state index in [0.29, 0.717) is 18.4 Å². The Kier molecular flexibility index (Phi) is 8.33. The largest absolute Gasteiger partial charge is 0.493 e. The van der Waals surface area contributed by atoms with Crippen LogP contribution in [0.3, 0.4) is 0 Å². The summed E-state index contributed by atoms with van der Waals surface area (Å²) in [5.74, 6) is 1.91. The minimum Gasteiger partial charge on any atom is -0.493 e. The van der Waals surface area contributed by atoms with E-state index in [1.807, 2.05) is 37.8 Å². The molecular weight excluding hydrogens is 516 g/mol. The molecule has 1 amide bonds. The predicted octanol–water partition coefficient (Wildman–Crippen LogP) is 6.51. The summed E-state index contributed by atoms with van der Waals surface area (Å²) in [6.45, 7) is 12.4. The molecule has 8 nitrogen and oxygen atoms in total. The van der Waals surface area contributed by atoms with Crippen molar-refractivity contribution in [1.29, 1.82) is 0 Å². The van der Waals surface area contributed by atoms with Crippen molar-refractivity contribution < 1.29 is 19.0 Å². The van der Waals surface area contributed by atoms with Crippen molar-refractivity contribution >= 4 is 28.7 Å². The van der Waals surface area contributed by atoms with Crippen molar-refractivity contribution in [2.45, 2.75) is 65.5 Å². The highest BCUT2D eigenvalue weighted by molar-refractivity contribution is 6.28. The first-order valence-corrected chi connectivity index (χ1v) is 14.4. The average Bonchev–Trinajstić information content (AvgIpc) is 3.54. The minimum atomic E-state index is -0.461. The lowest BCUT2D eigenvalue weighted by Gasteiger charge is -2.33. The summed E-state index contributed by atoms with van der Waals surface area (Å²) in [5, 5.41) is 1.24. The highest BCUT2D eigenvalue weighted by Gasteiger charge is 2.27. The predicted molar refractivity (Wildman–Crippen MR) is 152 cm³/mol. The molecule has 5 rings (SSSR count). The molecule has 4 heterocycles. The van der Waals surface area contributed by atoms with Gasteiger partial charge in [0.05, 0.1) is 18.9 Å². The van der Waals surface area contributed by atoms with Crippen LogP contribution < -0.4 is 4.74 Å². The summed E-state index contributed by atoms with van der Waals surface area (Å²) in [7, 11) is 0. The van der Waals surface area contributed by atoms with Crippen LogP contribution in [0.5, 0.6) is 5.75 Å². The quantitative estimate of drug-likeness (QED) is 0.310. The van der Waals surface area contributed by atoms with Crippen LogP contribution in [0, 0.1) is 18.8 Å². The molecule has 39 heavy (non-hydrogen) atoms. The van der Waals surface area contributed by atoms with Crippen LogP contribution in [-0.4, -0.2) is 64.0 Å². The second-order valence-corrected chi connectivity index (χ2v) is 12.1. The topological polar surface area (TPSA) is 78.7 Å². The Morgan fingerprint density at radius 2 is 1.92 bits per heavy atom. The summed E-state index contributed by atoms with van der Waals surface area (Å²) in [5.41, 5.74) is 3.27. The summed E-state index contributed by atoms with van der Waals surface area (Å²) >= 11 is 6.37. The molecule has 1 aromatic carbocycles. The van der Waals surface area contributed by atoms with Crippen LogP contribution in [0.2, 0.25) is 5.28 Å². The molecule has 0 saturated carbocycles. The fourth-order valence-electron chi connectivity index (χ4n) is 5.44. The van der Waals surface area contributed by atoms with Crippen LogP contribution in [0.15, 0.2) is 30.5 Å². The zero-order valence-electron chi connectivity index (χ0n) is 23.4. The fraction of sp³-hybridized carbons (Fsp3) is 0.567. The number of hydrogen-bond donors (Lipinski definition) is 0. The van der Waals surface area contributed by atoms with E-state index in [4.69, 9.17) is 25.8 Å². The third-order valence-corrected chi connectivity index (χ3v) is 7.74. The number of hydrogen-bond acceptors (Lipinski definition) is 6. The number of carbonyl (C=O) groups is 1. The molecule has 1 unspecified atom stereocenters. The van der Waals surface area contributed by atoms with Crippen molar-refractivity contribution in [3.63, 3.8) is 0 Å². The van der Waals surface area contributed by atoms with E-state index in [1.54, 1.807) is 0 Å². The first-order valence-electron chi connectivity index (χ1n) is 14.0. The molecule has 210 valence electrons. The number of likely N-dealkylation sites (tertiary alicyclic amines) is 1. The number of nitrogens with zero attached hydrogens (tertiary/aromatic N) is 4. The summed E-state index contributed by atoms with van der Waals surface area (Å²) in [6.07, 6.45) is 5.83. The third-order valence-electron chi connectivity index (χ3n) is 7.57. The molecule has 0 radical (unpaired) electrons. The first-order chi connectivity index (χ1) is 18.7. The van der Waals surface area contributed by atoms with Crippen LogP contribution in [0.25, 0.3) is 22.3 Å². The van der Waals surface area contributed by atoms with Crippen LogP contribution in [0.4, 0.5) is 4.79 Å². The molecule has 2 aromatic heterocycles. The van der Waals surface area contributed by atoms with Gasteiger partial charge in [0.25, 0.3) is 0 Å². The lowest BCUT2D eigenvalue weighted by Crippen LogP contribution is -2.41. The molecule has 0 aliphatic carbocycles. The van der Waals surface area contributed by atoms with E-state index in [9.17, 15) is 4.79 Å². The van der Waals surface area contributed by atoms with Gasteiger partial charge in [-0.1, -0.05) is 0 Å². The average molecular weight is 555 g/mol. The fourth-order valence-corrected chi connectivity index (χ4v) is 5.60. The maximum Gasteiger partial charge on any atom is 0.410 e. The van der Waals surface area contributed by atoms with E-state index < -0.39 is 5.60 Å². The van der Waals surface area contributed by atoms with Gasteiger partial charge in [0.15, 0.2) is 0 Å². The summed E-state index contributed by atoms with van der Waals surface area (Å²) in [4.78, 5) is 23.3. The summed E-state index contributed by atoms with van der Waals surface area (Å²) in [6, 6.07) is 8.24. The van der Waals surface area contributed by atoms with Gasteiger partial charge in [-0.15, -0.1) is 0 Å². The number of ether oxygens (including phenoxy) is 3. The second-order valence-electron chi connectivity index (χ2n) is 11.8. The van der Waals surface area contributed by atoms with Crippen molar-refractivity contribution in [3.8, 4) is 17.0 Å². The molecule has 2 fully saturated rings. The zero-order chi connectivity index (χ0) is 27.6. The lowest BCUT2D eigenvalue weighted by atomic mass is 9.94. The molecule has 9 heteroatoms. The van der Waals surface area contributed by atoms with Gasteiger partial charge >= 0.3 is 6.09 Å². The molecular formula is C30H39ClN4O4. The van der Waals surface area contributed by atoms with Gasteiger partial charge in [-0.2, -0.15) is 4.98 Å². The summed E-state index contributed by atoms with van der Waals surface area (Å²) < 4.78 is 19.4. The van der Waals surface area contributed by atoms with Gasteiger partial charge in [0.2, 0.25) is 5.28 Å². The number of halogens is 1. The molecule has 0 bridgehead atoms. The Bertz CT molecular complexity index is 1300. The lowest BCUT2D eigenvalue weighted by molar-refractivity contribution is 0.0177. The number of aryl methyl sites for hydroxylation is 1. The SMILES string of the molecule is Cc1cc(-c2nc(Cl)nc3c2ccn3CC2CCOC2)ccc1OCCC1CCN(C(=O)OC(C)(C)C)CC1. The van der Waals surface area contributed by atoms with Gasteiger partial charge in [-0.3, -0.25) is 0 Å². The Morgan fingerprint density at radius 3 is 2.62 bits per heavy atom. The Hall–Kier alpha value is -2.84. The minimum absolute atomic E-state index is 0.213. The third kappa shape index (κ3) is 6.84. The number of piperidine rings is 1. The highest BCUT2D eigenvalue weighted by atomic mass is 35.5. The first kappa shape index (κ1) is 27.7. The Balaban J connectivity index is 1.18. The molecule has 2 aliphatic heterocycles. The molecule has 0 N–H and O–H groups in total. The van der Waals surface area contributed by atoms with Crippen molar-refractivity contribution in [1.82, 2.24) is 19.4 Å². The van der Waals surface area contributed by atoms with E-state index in [1.165, 1.54) is 0 Å². The van der Waals surface area contributed by atoms with E-state index >= 15 is 0 Å². The van der Waals surface area contributed by atoms with Gasteiger partial charge in [-0.25, -0.2) is 9.78 Å². The molecule has 2 aliphatic rings. The zero-order valence-corrected chi connectivity index (χ0v) is 24.2. The maximum absolute atomic E-state index is 12.3.